The van der Waals surface area contributed by atoms with Crippen LogP contribution in [0, 0.1) is 0 Å². The molecule has 0 saturated heterocycles. The summed E-state index contributed by atoms with van der Waals surface area (Å²) in [6.07, 6.45) is 0. The molecule has 0 radical (unpaired) electrons. The van der Waals surface area contributed by atoms with Crippen molar-refractivity contribution in [2.75, 3.05) is 0 Å². The first-order valence-corrected chi connectivity index (χ1v) is 6.24. The molecule has 1 aromatic carbocycles. The minimum Gasteiger partial charge on any atom is -0.357 e. The Morgan fingerprint density at radius 1 is 0.800 bits per heavy atom. The zero-order valence-electron chi connectivity index (χ0n) is 6.98. The van der Waals surface area contributed by atoms with Gasteiger partial charge in [0.05, 0.1) is 0 Å². The third kappa shape index (κ3) is 2.19. The van der Waals surface area contributed by atoms with Gasteiger partial charge in [-0.3, -0.25) is 0 Å². The molecule has 1 aliphatic rings. The maximum atomic E-state index is 10.9. The van der Waals surface area contributed by atoms with E-state index in [0.717, 1.165) is 0 Å². The molecule has 1 aliphatic heterocycles. The molecule has 1 heterocycles. The molecular formula is C6H4O7S2. The number of benzene rings is 1. The first kappa shape index (κ1) is 10.2. The Labute approximate surface area is 85.9 Å². The second kappa shape index (κ2) is 3.08. The van der Waals surface area contributed by atoms with Crippen LogP contribution in [0.2, 0.25) is 0 Å². The predicted octanol–water partition coefficient (Wildman–Crippen LogP) is -0.0360. The van der Waals surface area contributed by atoms with Gasteiger partial charge >= 0.3 is 20.8 Å². The average Bonchev–Trinajstić information content (AvgIpc) is 2.13. The van der Waals surface area contributed by atoms with Crippen LogP contribution in [0.5, 0.6) is 11.5 Å². The third-order valence-electron chi connectivity index (χ3n) is 1.40. The Balaban J connectivity index is 2.64. The van der Waals surface area contributed by atoms with E-state index in [1.54, 1.807) is 0 Å². The monoisotopic (exact) mass is 252 g/mol. The molecule has 2 rings (SSSR count). The Morgan fingerprint density at radius 2 is 1.20 bits per heavy atom. The number of rotatable bonds is 0. The van der Waals surface area contributed by atoms with Crippen LogP contribution in [0.4, 0.5) is 0 Å². The van der Waals surface area contributed by atoms with Gasteiger partial charge in [-0.25, -0.2) is 0 Å². The Kier molecular flexibility index (Phi) is 2.10. The molecule has 82 valence electrons. The Bertz CT molecular complexity index is 533. The Hall–Kier alpha value is -1.32. The van der Waals surface area contributed by atoms with Crippen molar-refractivity contribution in [3.8, 4) is 11.5 Å². The lowest BCUT2D eigenvalue weighted by molar-refractivity contribution is 0.372. The van der Waals surface area contributed by atoms with E-state index in [-0.39, 0.29) is 11.5 Å². The molecule has 0 saturated carbocycles. The van der Waals surface area contributed by atoms with Gasteiger partial charge in [0.25, 0.3) is 0 Å². The van der Waals surface area contributed by atoms with Gasteiger partial charge in [0.2, 0.25) is 0 Å². The number of para-hydroxylation sites is 2. The largest absolute Gasteiger partial charge is 0.466 e. The minimum absolute atomic E-state index is 0.251. The highest BCUT2D eigenvalue weighted by Gasteiger charge is 2.32. The first-order chi connectivity index (χ1) is 6.88. The van der Waals surface area contributed by atoms with Crippen molar-refractivity contribution in [3.63, 3.8) is 0 Å². The topological polar surface area (TPSA) is 96.0 Å². The summed E-state index contributed by atoms with van der Waals surface area (Å²) < 4.78 is 56.1. The number of hydrogen-bond donors (Lipinski definition) is 0. The SMILES string of the molecule is O=S1(=O)Oc2ccccc2OS(=O)(=O)O1. The maximum absolute atomic E-state index is 10.9. The number of fused-ring (bicyclic) bond motifs is 1. The zero-order chi connectivity index (χ0) is 11.1. The van der Waals surface area contributed by atoms with Gasteiger partial charge in [0, 0.05) is 0 Å². The van der Waals surface area contributed by atoms with Crippen molar-refractivity contribution in [1.29, 1.82) is 0 Å². The van der Waals surface area contributed by atoms with Gasteiger partial charge in [-0.15, -0.1) is 0 Å². The van der Waals surface area contributed by atoms with E-state index in [2.05, 4.69) is 12.0 Å². The molecule has 0 bridgehead atoms. The fourth-order valence-corrected chi connectivity index (χ4v) is 2.69. The lowest BCUT2D eigenvalue weighted by Crippen LogP contribution is -2.18. The Morgan fingerprint density at radius 3 is 1.60 bits per heavy atom. The minimum atomic E-state index is -4.65. The number of hydrogen-bond acceptors (Lipinski definition) is 7. The van der Waals surface area contributed by atoms with Gasteiger partial charge in [-0.05, 0) is 12.1 Å². The van der Waals surface area contributed by atoms with Crippen LogP contribution in [0.1, 0.15) is 0 Å². The van der Waals surface area contributed by atoms with Crippen LogP contribution in [0.25, 0.3) is 0 Å². The zero-order valence-corrected chi connectivity index (χ0v) is 8.62. The fraction of sp³-hybridized carbons (Fsp3) is 0. The summed E-state index contributed by atoms with van der Waals surface area (Å²) in [7, 11) is -9.31. The van der Waals surface area contributed by atoms with E-state index in [1.165, 1.54) is 24.3 Å². The highest BCUT2D eigenvalue weighted by atomic mass is 32.3. The predicted molar refractivity (Wildman–Crippen MR) is 46.6 cm³/mol. The fourth-order valence-electron chi connectivity index (χ4n) is 0.938. The molecule has 15 heavy (non-hydrogen) atoms. The van der Waals surface area contributed by atoms with E-state index in [1.807, 2.05) is 0 Å². The molecule has 0 unspecified atom stereocenters. The van der Waals surface area contributed by atoms with Crippen LogP contribution in [-0.4, -0.2) is 16.8 Å². The van der Waals surface area contributed by atoms with E-state index < -0.39 is 20.8 Å². The summed E-state index contributed by atoms with van der Waals surface area (Å²) in [4.78, 5) is 0. The van der Waals surface area contributed by atoms with Crippen molar-refractivity contribution >= 4 is 20.8 Å². The molecule has 0 atom stereocenters. The lowest BCUT2D eigenvalue weighted by atomic mass is 10.3. The molecule has 0 spiro atoms. The second-order valence-electron chi connectivity index (χ2n) is 2.50. The van der Waals surface area contributed by atoms with Crippen LogP contribution in [0.15, 0.2) is 24.3 Å². The average molecular weight is 252 g/mol. The molecule has 7 nitrogen and oxygen atoms in total. The lowest BCUT2D eigenvalue weighted by Gasteiger charge is -2.00. The van der Waals surface area contributed by atoms with Gasteiger partial charge in [-0.1, -0.05) is 15.8 Å². The van der Waals surface area contributed by atoms with E-state index in [0.29, 0.717) is 0 Å². The second-order valence-corrected chi connectivity index (χ2v) is 5.01. The van der Waals surface area contributed by atoms with E-state index in [9.17, 15) is 16.8 Å². The van der Waals surface area contributed by atoms with Crippen molar-refractivity contribution in [3.05, 3.63) is 24.3 Å². The van der Waals surface area contributed by atoms with Crippen molar-refractivity contribution in [2.45, 2.75) is 0 Å². The first-order valence-electron chi connectivity index (χ1n) is 3.57. The summed E-state index contributed by atoms with van der Waals surface area (Å²) >= 11 is 0. The molecule has 9 heteroatoms. The van der Waals surface area contributed by atoms with Gasteiger partial charge in [0.15, 0.2) is 11.5 Å². The van der Waals surface area contributed by atoms with Crippen LogP contribution < -0.4 is 8.37 Å². The van der Waals surface area contributed by atoms with Gasteiger partial charge < -0.3 is 8.37 Å². The summed E-state index contributed by atoms with van der Waals surface area (Å²) in [5.74, 6) is -0.503. The van der Waals surface area contributed by atoms with Crippen molar-refractivity contribution < 1.29 is 28.8 Å². The normalized spacial score (nSPS) is 21.6. The third-order valence-corrected chi connectivity index (χ3v) is 3.50. The maximum Gasteiger partial charge on any atom is 0.466 e. The molecule has 0 N–H and O–H groups in total. The summed E-state index contributed by atoms with van der Waals surface area (Å²) in [5.41, 5.74) is 0. The van der Waals surface area contributed by atoms with Gasteiger partial charge in [-0.2, -0.15) is 16.8 Å². The summed E-state index contributed by atoms with van der Waals surface area (Å²) in [6, 6.07) is 5.37. The summed E-state index contributed by atoms with van der Waals surface area (Å²) in [6.45, 7) is 0. The van der Waals surface area contributed by atoms with Crippen molar-refractivity contribution in [1.82, 2.24) is 0 Å². The molecule has 0 fully saturated rings. The molecule has 0 amide bonds. The standard InChI is InChI=1S/C6H4O7S2/c7-14(8)11-5-3-1-2-4-6(5)12-15(9,10)13-14/h1-4H. The van der Waals surface area contributed by atoms with E-state index >= 15 is 0 Å². The smallest absolute Gasteiger partial charge is 0.357 e. The quantitative estimate of drug-likeness (QED) is 0.639. The molecule has 0 aromatic heterocycles. The highest BCUT2D eigenvalue weighted by Crippen LogP contribution is 2.32. The molecule has 1 aromatic rings. The highest BCUT2D eigenvalue weighted by molar-refractivity contribution is 7.95. The van der Waals surface area contributed by atoms with Crippen LogP contribution >= 0.6 is 0 Å². The van der Waals surface area contributed by atoms with Crippen molar-refractivity contribution in [2.24, 2.45) is 0 Å². The van der Waals surface area contributed by atoms with Gasteiger partial charge in [0.1, 0.15) is 0 Å². The van der Waals surface area contributed by atoms with E-state index in [4.69, 9.17) is 0 Å². The van der Waals surface area contributed by atoms with Crippen LogP contribution in [-0.2, 0) is 24.4 Å². The van der Waals surface area contributed by atoms with Crippen LogP contribution in [0.3, 0.4) is 0 Å². The molecule has 0 aliphatic carbocycles. The summed E-state index contributed by atoms with van der Waals surface area (Å²) in [5, 5.41) is 0. The molecular weight excluding hydrogens is 248 g/mol.